The van der Waals surface area contributed by atoms with Crippen LogP contribution in [0.5, 0.6) is 5.75 Å². The number of ketones is 1. The first-order valence-electron chi connectivity index (χ1n) is 13.4. The molecule has 0 heterocycles. The van der Waals surface area contributed by atoms with Crippen molar-refractivity contribution in [1.82, 2.24) is 0 Å². The lowest BCUT2D eigenvalue weighted by Gasteiger charge is -2.24. The van der Waals surface area contributed by atoms with Gasteiger partial charge in [0.25, 0.3) is 0 Å². The highest BCUT2D eigenvalue weighted by Crippen LogP contribution is 2.30. The number of ether oxygens (including phenoxy) is 1. The SMILES string of the molecule is CCCCCCOC(=O)c1cccc(C(=O)c2ccc(O)cc2N(CC)CC)c1CCCCCC. The molecule has 2 rings (SSSR count). The normalized spacial score (nSPS) is 10.9. The van der Waals surface area contributed by atoms with Crippen molar-refractivity contribution in [3.63, 3.8) is 0 Å². The Morgan fingerprint density at radius 1 is 0.800 bits per heavy atom. The van der Waals surface area contributed by atoms with Gasteiger partial charge in [-0.05, 0) is 56.9 Å². The number of hydrogen-bond donors (Lipinski definition) is 1. The third kappa shape index (κ3) is 8.12. The molecule has 0 radical (unpaired) electrons. The van der Waals surface area contributed by atoms with Crippen LogP contribution in [0, 0.1) is 0 Å². The van der Waals surface area contributed by atoms with Crippen molar-refractivity contribution >= 4 is 17.4 Å². The van der Waals surface area contributed by atoms with Crippen molar-refractivity contribution < 1.29 is 19.4 Å². The van der Waals surface area contributed by atoms with E-state index in [9.17, 15) is 14.7 Å². The van der Waals surface area contributed by atoms with Gasteiger partial charge in [0.15, 0.2) is 5.78 Å². The number of carbonyl (C=O) groups is 2. The average molecular weight is 482 g/mol. The minimum atomic E-state index is -0.351. The first-order chi connectivity index (χ1) is 17.0. The molecule has 0 amide bonds. The van der Waals surface area contributed by atoms with Crippen molar-refractivity contribution in [2.24, 2.45) is 0 Å². The molecular weight excluding hydrogens is 438 g/mol. The van der Waals surface area contributed by atoms with E-state index >= 15 is 0 Å². The molecule has 0 aliphatic carbocycles. The van der Waals surface area contributed by atoms with Crippen molar-refractivity contribution in [2.45, 2.75) is 85.5 Å². The fourth-order valence-corrected chi connectivity index (χ4v) is 4.44. The van der Waals surface area contributed by atoms with Crippen molar-refractivity contribution in [3.05, 3.63) is 58.7 Å². The van der Waals surface area contributed by atoms with Crippen LogP contribution in [0.25, 0.3) is 0 Å². The Bertz CT molecular complexity index is 949. The number of phenols is 1. The highest BCUT2D eigenvalue weighted by molar-refractivity contribution is 6.14. The van der Waals surface area contributed by atoms with Crippen LogP contribution in [0.4, 0.5) is 5.69 Å². The van der Waals surface area contributed by atoms with Crippen LogP contribution in [-0.2, 0) is 11.2 Å². The van der Waals surface area contributed by atoms with E-state index in [1.165, 1.54) is 0 Å². The van der Waals surface area contributed by atoms with Crippen LogP contribution >= 0.6 is 0 Å². The van der Waals surface area contributed by atoms with Crippen molar-refractivity contribution in [2.75, 3.05) is 24.6 Å². The summed E-state index contributed by atoms with van der Waals surface area (Å²) in [5.41, 5.74) is 3.05. The van der Waals surface area contributed by atoms with Gasteiger partial charge in [-0.1, -0.05) is 64.5 Å². The summed E-state index contributed by atoms with van der Waals surface area (Å²) in [7, 11) is 0. The summed E-state index contributed by atoms with van der Waals surface area (Å²) in [6.07, 6.45) is 9.01. The minimum Gasteiger partial charge on any atom is -0.508 e. The van der Waals surface area contributed by atoms with Crippen LogP contribution in [0.1, 0.15) is 111 Å². The lowest BCUT2D eigenvalue weighted by atomic mass is 9.90. The summed E-state index contributed by atoms with van der Waals surface area (Å²) >= 11 is 0. The standard InChI is InChI=1S/C30H43NO4/c1-5-9-11-13-16-24-25(17-15-18-26(24)30(34)35-21-14-12-10-6-2)29(33)27-20-19-23(32)22-28(27)31(7-3)8-4/h15,17-20,22,32H,5-14,16,21H2,1-4H3. The van der Waals surface area contributed by atoms with Crippen molar-refractivity contribution in [1.29, 1.82) is 0 Å². The zero-order chi connectivity index (χ0) is 25.6. The molecule has 0 atom stereocenters. The molecule has 1 N–H and O–H groups in total. The molecule has 0 aromatic heterocycles. The Balaban J connectivity index is 2.43. The van der Waals surface area contributed by atoms with Crippen LogP contribution in [0.3, 0.4) is 0 Å². The van der Waals surface area contributed by atoms with E-state index in [4.69, 9.17) is 4.74 Å². The molecule has 35 heavy (non-hydrogen) atoms. The molecule has 2 aromatic carbocycles. The van der Waals surface area contributed by atoms with E-state index in [0.717, 1.165) is 56.9 Å². The van der Waals surface area contributed by atoms with Gasteiger partial charge < -0.3 is 14.7 Å². The van der Waals surface area contributed by atoms with Gasteiger partial charge in [0.2, 0.25) is 0 Å². The smallest absolute Gasteiger partial charge is 0.338 e. The number of phenolic OH excluding ortho intramolecular Hbond substituents is 1. The molecule has 192 valence electrons. The monoisotopic (exact) mass is 481 g/mol. The lowest BCUT2D eigenvalue weighted by molar-refractivity contribution is 0.0496. The molecule has 0 unspecified atom stereocenters. The number of carbonyl (C=O) groups excluding carboxylic acids is 2. The molecule has 2 aromatic rings. The molecule has 0 aliphatic rings. The molecule has 0 bridgehead atoms. The van der Waals surface area contributed by atoms with E-state index in [1.54, 1.807) is 30.3 Å². The maximum absolute atomic E-state index is 13.9. The quantitative estimate of drug-likeness (QED) is 0.154. The number of nitrogens with zero attached hydrogens (tertiary/aromatic N) is 1. The largest absolute Gasteiger partial charge is 0.508 e. The maximum atomic E-state index is 13.9. The fourth-order valence-electron chi connectivity index (χ4n) is 4.44. The van der Waals surface area contributed by atoms with E-state index in [-0.39, 0.29) is 17.5 Å². The summed E-state index contributed by atoms with van der Waals surface area (Å²) in [6, 6.07) is 10.3. The number of aromatic hydroxyl groups is 1. The highest BCUT2D eigenvalue weighted by atomic mass is 16.5. The highest BCUT2D eigenvalue weighted by Gasteiger charge is 2.23. The number of unbranched alkanes of at least 4 members (excludes halogenated alkanes) is 6. The minimum absolute atomic E-state index is 0.128. The number of esters is 1. The van der Waals surface area contributed by atoms with Gasteiger partial charge in [0.1, 0.15) is 5.75 Å². The third-order valence-electron chi connectivity index (χ3n) is 6.48. The molecule has 0 fully saturated rings. The van der Waals surface area contributed by atoms with Gasteiger partial charge in [-0.3, -0.25) is 4.79 Å². The van der Waals surface area contributed by atoms with Gasteiger partial charge >= 0.3 is 5.97 Å². The summed E-state index contributed by atoms with van der Waals surface area (Å²) in [4.78, 5) is 29.0. The first kappa shape index (κ1) is 28.4. The van der Waals surface area contributed by atoms with Crippen LogP contribution < -0.4 is 4.90 Å². The van der Waals surface area contributed by atoms with Crippen molar-refractivity contribution in [3.8, 4) is 5.75 Å². The Morgan fingerprint density at radius 3 is 2.11 bits per heavy atom. The fraction of sp³-hybridized carbons (Fsp3) is 0.533. The first-order valence-corrected chi connectivity index (χ1v) is 13.4. The molecule has 0 spiro atoms. The van der Waals surface area contributed by atoms with E-state index < -0.39 is 0 Å². The second kappa shape index (κ2) is 15.2. The molecule has 5 heteroatoms. The summed E-state index contributed by atoms with van der Waals surface area (Å²) in [5, 5.41) is 10.1. The lowest BCUT2D eigenvalue weighted by Crippen LogP contribution is -2.24. The number of anilines is 1. The van der Waals surface area contributed by atoms with Gasteiger partial charge in [-0.15, -0.1) is 0 Å². The second-order valence-corrected chi connectivity index (χ2v) is 9.04. The maximum Gasteiger partial charge on any atom is 0.338 e. The van der Waals surface area contributed by atoms with E-state index in [0.29, 0.717) is 48.5 Å². The third-order valence-corrected chi connectivity index (χ3v) is 6.48. The van der Waals surface area contributed by atoms with Gasteiger partial charge in [0.05, 0.1) is 17.9 Å². The Labute approximate surface area is 211 Å². The number of benzene rings is 2. The number of rotatable bonds is 16. The predicted octanol–water partition coefficient (Wildman–Crippen LogP) is 7.33. The zero-order valence-corrected chi connectivity index (χ0v) is 22.1. The molecule has 0 saturated heterocycles. The van der Waals surface area contributed by atoms with Crippen LogP contribution in [-0.4, -0.2) is 36.6 Å². The zero-order valence-electron chi connectivity index (χ0n) is 22.1. The van der Waals surface area contributed by atoms with Crippen LogP contribution in [0.15, 0.2) is 36.4 Å². The van der Waals surface area contributed by atoms with E-state index in [2.05, 4.69) is 18.7 Å². The Kier molecular flexibility index (Phi) is 12.4. The molecule has 0 saturated carbocycles. The average Bonchev–Trinajstić information content (AvgIpc) is 2.87. The summed E-state index contributed by atoms with van der Waals surface area (Å²) < 4.78 is 5.60. The van der Waals surface area contributed by atoms with Crippen LogP contribution in [0.2, 0.25) is 0 Å². The molecule has 5 nitrogen and oxygen atoms in total. The van der Waals surface area contributed by atoms with Gasteiger partial charge in [-0.2, -0.15) is 0 Å². The summed E-state index contributed by atoms with van der Waals surface area (Å²) in [6.45, 7) is 10.2. The van der Waals surface area contributed by atoms with E-state index in [1.807, 2.05) is 19.9 Å². The van der Waals surface area contributed by atoms with Gasteiger partial charge in [0, 0.05) is 30.3 Å². The molecule has 0 aliphatic heterocycles. The second-order valence-electron chi connectivity index (χ2n) is 9.04. The molecular formula is C30H43NO4. The number of hydrogen-bond acceptors (Lipinski definition) is 5. The summed E-state index contributed by atoms with van der Waals surface area (Å²) in [5.74, 6) is -0.352. The topological polar surface area (TPSA) is 66.8 Å². The Morgan fingerprint density at radius 2 is 1.46 bits per heavy atom. The predicted molar refractivity (Wildman–Crippen MR) is 144 cm³/mol. The van der Waals surface area contributed by atoms with Gasteiger partial charge in [-0.25, -0.2) is 4.79 Å². The Hall–Kier alpha value is -2.82.